The van der Waals surface area contributed by atoms with Gasteiger partial charge in [-0.05, 0) is 12.1 Å². The maximum atomic E-state index is 5.98. The van der Waals surface area contributed by atoms with Gasteiger partial charge >= 0.3 is 6.01 Å². The molecule has 9 heteroatoms. The third kappa shape index (κ3) is 3.78. The van der Waals surface area contributed by atoms with E-state index in [-0.39, 0.29) is 6.01 Å². The predicted molar refractivity (Wildman–Crippen MR) is 96.8 cm³/mol. The first-order valence-corrected chi connectivity index (χ1v) is 8.73. The van der Waals surface area contributed by atoms with Crippen LogP contribution in [0, 0.1) is 0 Å². The molecule has 4 rings (SSSR count). The molecule has 0 atom stereocenters. The van der Waals surface area contributed by atoms with E-state index in [0.717, 1.165) is 26.2 Å². The maximum absolute atomic E-state index is 5.98. The van der Waals surface area contributed by atoms with E-state index in [1.807, 2.05) is 12.1 Å². The van der Waals surface area contributed by atoms with Crippen LogP contribution in [-0.2, 0) is 9.47 Å². The molecule has 2 fully saturated rings. The van der Waals surface area contributed by atoms with Crippen molar-refractivity contribution in [2.75, 3.05) is 68.1 Å². The number of nitrogens with two attached hydrogens (primary N) is 1. The average Bonchev–Trinajstić information content (AvgIpc) is 2.71. The van der Waals surface area contributed by atoms with Crippen LogP contribution in [0.1, 0.15) is 0 Å². The summed E-state index contributed by atoms with van der Waals surface area (Å²) in [5.41, 5.74) is 6.52. The lowest BCUT2D eigenvalue weighted by Gasteiger charge is -2.30. The molecule has 0 spiro atoms. The molecule has 2 N–H and O–H groups in total. The van der Waals surface area contributed by atoms with E-state index in [9.17, 15) is 0 Å². The van der Waals surface area contributed by atoms with Gasteiger partial charge in [0.2, 0.25) is 11.9 Å². The Morgan fingerprint density at radius 2 is 1.35 bits per heavy atom. The van der Waals surface area contributed by atoms with E-state index in [1.165, 1.54) is 0 Å². The van der Waals surface area contributed by atoms with Crippen molar-refractivity contribution in [1.82, 2.24) is 15.0 Å². The van der Waals surface area contributed by atoms with Crippen molar-refractivity contribution in [1.29, 1.82) is 0 Å². The number of hydrogen-bond donors (Lipinski definition) is 1. The molecule has 2 saturated heterocycles. The predicted octanol–water partition coefficient (Wildman–Crippen LogP) is 0.919. The van der Waals surface area contributed by atoms with Crippen LogP contribution in [0.25, 0.3) is 0 Å². The molecule has 0 aliphatic carbocycles. The molecular weight excluding hydrogens is 336 g/mol. The third-order valence-electron chi connectivity index (χ3n) is 4.30. The average molecular weight is 358 g/mol. The number of ether oxygens (including phenoxy) is 3. The molecule has 1 aromatic heterocycles. The maximum Gasteiger partial charge on any atom is 0.328 e. The van der Waals surface area contributed by atoms with E-state index >= 15 is 0 Å². The zero-order valence-electron chi connectivity index (χ0n) is 14.5. The minimum Gasteiger partial charge on any atom is -0.422 e. The molecule has 2 aliphatic rings. The smallest absolute Gasteiger partial charge is 0.328 e. The van der Waals surface area contributed by atoms with Crippen molar-refractivity contribution in [3.8, 4) is 11.8 Å². The van der Waals surface area contributed by atoms with Gasteiger partial charge in [0.05, 0.1) is 32.1 Å². The van der Waals surface area contributed by atoms with Crippen molar-refractivity contribution in [2.24, 2.45) is 0 Å². The number of rotatable bonds is 4. The highest BCUT2D eigenvalue weighted by atomic mass is 16.5. The summed E-state index contributed by atoms with van der Waals surface area (Å²) in [4.78, 5) is 17.8. The van der Waals surface area contributed by atoms with Gasteiger partial charge in [0.1, 0.15) is 0 Å². The summed E-state index contributed by atoms with van der Waals surface area (Å²) in [7, 11) is 0. The van der Waals surface area contributed by atoms with E-state index in [1.54, 1.807) is 12.1 Å². The Bertz CT molecular complexity index is 711. The van der Waals surface area contributed by atoms with Crippen LogP contribution >= 0.6 is 0 Å². The van der Waals surface area contributed by atoms with E-state index in [0.29, 0.717) is 49.8 Å². The second-order valence-corrected chi connectivity index (χ2v) is 6.06. The summed E-state index contributed by atoms with van der Waals surface area (Å²) in [6, 6.07) is 7.53. The van der Waals surface area contributed by atoms with Gasteiger partial charge in [0, 0.05) is 26.2 Å². The number of anilines is 3. The van der Waals surface area contributed by atoms with E-state index in [2.05, 4.69) is 24.8 Å². The zero-order chi connectivity index (χ0) is 17.8. The quantitative estimate of drug-likeness (QED) is 0.800. The molecule has 0 unspecified atom stereocenters. The lowest BCUT2D eigenvalue weighted by atomic mass is 10.3. The number of hydrogen-bond acceptors (Lipinski definition) is 9. The molecule has 3 heterocycles. The van der Waals surface area contributed by atoms with Crippen LogP contribution < -0.4 is 20.3 Å². The SMILES string of the molecule is Nc1ccccc1Oc1nc(N2CCOCC2)nc(N2CCOCC2)n1. The van der Waals surface area contributed by atoms with Crippen LogP contribution in [0.15, 0.2) is 24.3 Å². The lowest BCUT2D eigenvalue weighted by molar-refractivity contribution is 0.121. The second-order valence-electron chi connectivity index (χ2n) is 6.06. The Labute approximate surface area is 151 Å². The fourth-order valence-corrected chi connectivity index (χ4v) is 2.86. The molecule has 9 nitrogen and oxygen atoms in total. The Balaban J connectivity index is 1.66. The van der Waals surface area contributed by atoms with Crippen LogP contribution in [-0.4, -0.2) is 67.6 Å². The molecular formula is C17H22N6O3. The molecule has 0 amide bonds. The number of morpholine rings is 2. The molecule has 2 aromatic rings. The molecule has 0 saturated carbocycles. The van der Waals surface area contributed by atoms with Crippen molar-refractivity contribution in [3.63, 3.8) is 0 Å². The van der Waals surface area contributed by atoms with Crippen LogP contribution in [0.4, 0.5) is 17.6 Å². The fraction of sp³-hybridized carbons (Fsp3) is 0.471. The normalized spacial score (nSPS) is 18.0. The summed E-state index contributed by atoms with van der Waals surface area (Å²) in [5, 5.41) is 0. The molecule has 138 valence electrons. The molecule has 26 heavy (non-hydrogen) atoms. The number of benzene rings is 1. The van der Waals surface area contributed by atoms with Crippen molar-refractivity contribution >= 4 is 17.6 Å². The molecule has 1 aromatic carbocycles. The van der Waals surface area contributed by atoms with Crippen molar-refractivity contribution in [3.05, 3.63) is 24.3 Å². The van der Waals surface area contributed by atoms with E-state index in [4.69, 9.17) is 19.9 Å². The topological polar surface area (TPSA) is 98.9 Å². The zero-order valence-corrected chi connectivity index (χ0v) is 14.5. The van der Waals surface area contributed by atoms with Crippen molar-refractivity contribution < 1.29 is 14.2 Å². The summed E-state index contributed by atoms with van der Waals surface area (Å²) < 4.78 is 16.7. The first-order chi connectivity index (χ1) is 12.8. The summed E-state index contributed by atoms with van der Waals surface area (Å²) in [6.07, 6.45) is 0. The lowest BCUT2D eigenvalue weighted by Crippen LogP contribution is -2.40. The molecule has 0 bridgehead atoms. The Morgan fingerprint density at radius 1 is 0.808 bits per heavy atom. The molecule has 2 aliphatic heterocycles. The van der Waals surface area contributed by atoms with Gasteiger partial charge in [0.15, 0.2) is 5.75 Å². The van der Waals surface area contributed by atoms with Gasteiger partial charge in [-0.3, -0.25) is 0 Å². The van der Waals surface area contributed by atoms with Gasteiger partial charge in [-0.1, -0.05) is 12.1 Å². The minimum absolute atomic E-state index is 0.237. The van der Waals surface area contributed by atoms with Crippen LogP contribution in [0.5, 0.6) is 11.8 Å². The highest BCUT2D eigenvalue weighted by Gasteiger charge is 2.21. The highest BCUT2D eigenvalue weighted by molar-refractivity contribution is 5.53. The molecule has 0 radical (unpaired) electrons. The van der Waals surface area contributed by atoms with Gasteiger partial charge in [-0.2, -0.15) is 15.0 Å². The summed E-state index contributed by atoms with van der Waals surface area (Å²) in [5.74, 6) is 1.71. The summed E-state index contributed by atoms with van der Waals surface area (Å²) >= 11 is 0. The monoisotopic (exact) mass is 358 g/mol. The number of para-hydroxylation sites is 2. The largest absolute Gasteiger partial charge is 0.422 e. The Morgan fingerprint density at radius 3 is 1.88 bits per heavy atom. The number of nitrogens with zero attached hydrogens (tertiary/aromatic N) is 5. The van der Waals surface area contributed by atoms with Gasteiger partial charge in [-0.25, -0.2) is 0 Å². The van der Waals surface area contributed by atoms with Crippen LogP contribution in [0.2, 0.25) is 0 Å². The second kappa shape index (κ2) is 7.71. The first-order valence-electron chi connectivity index (χ1n) is 8.73. The fourth-order valence-electron chi connectivity index (χ4n) is 2.86. The minimum atomic E-state index is 0.237. The first kappa shape index (κ1) is 16.8. The van der Waals surface area contributed by atoms with E-state index < -0.39 is 0 Å². The van der Waals surface area contributed by atoms with Gasteiger partial charge in [-0.15, -0.1) is 0 Å². The number of aromatic nitrogens is 3. The Kier molecular flexibility index (Phi) is 4.98. The standard InChI is InChI=1S/C17H22N6O3/c18-13-3-1-2-4-14(13)26-17-20-15(22-5-9-24-10-6-22)19-16(21-17)23-7-11-25-12-8-23/h1-4H,5-12,18H2. The van der Waals surface area contributed by atoms with Gasteiger partial charge in [0.25, 0.3) is 0 Å². The third-order valence-corrected chi connectivity index (χ3v) is 4.30. The number of nitrogen functional groups attached to an aromatic ring is 1. The van der Waals surface area contributed by atoms with Gasteiger partial charge < -0.3 is 29.7 Å². The Hall–Kier alpha value is -2.65. The summed E-state index contributed by atoms with van der Waals surface area (Å²) in [6.45, 7) is 5.56. The van der Waals surface area contributed by atoms with Crippen LogP contribution in [0.3, 0.4) is 0 Å². The van der Waals surface area contributed by atoms with Crippen molar-refractivity contribution in [2.45, 2.75) is 0 Å². The highest BCUT2D eigenvalue weighted by Crippen LogP contribution is 2.27.